The minimum Gasteiger partial charge on any atom is -0.465 e. The second-order valence-corrected chi connectivity index (χ2v) is 6.27. The molecule has 0 spiro atoms. The van der Waals surface area contributed by atoms with Gasteiger partial charge in [-0.05, 0) is 31.6 Å². The van der Waals surface area contributed by atoms with E-state index in [1.54, 1.807) is 0 Å². The van der Waals surface area contributed by atoms with Crippen molar-refractivity contribution in [2.75, 3.05) is 18.2 Å². The third-order valence-corrected chi connectivity index (χ3v) is 4.90. The molecule has 1 saturated carbocycles. The summed E-state index contributed by atoms with van der Waals surface area (Å²) < 4.78 is 4.69. The molecule has 1 heterocycles. The van der Waals surface area contributed by atoms with Crippen LogP contribution in [0.4, 0.5) is 10.7 Å². The van der Waals surface area contributed by atoms with Crippen molar-refractivity contribution in [1.29, 1.82) is 5.26 Å². The summed E-state index contributed by atoms with van der Waals surface area (Å²) in [7, 11) is 1.31. The van der Waals surface area contributed by atoms with Crippen LogP contribution >= 0.6 is 11.3 Å². The molecule has 1 aliphatic rings. The van der Waals surface area contributed by atoms with Gasteiger partial charge in [0, 0.05) is 6.04 Å². The molecule has 5 nitrogen and oxygen atoms in total. The average Bonchev–Trinajstić information content (AvgIpc) is 2.76. The number of anilines is 2. The standard InChI is InChI=1S/C14H19N3O2S/c1-8-3-5-9(6-4-8)17-13-10(7-15)11(16)12(20-13)14(18)19-2/h8-9,17H,3-6,16H2,1-2H3. The molecule has 1 aromatic rings. The Morgan fingerprint density at radius 3 is 2.65 bits per heavy atom. The van der Waals surface area contributed by atoms with Crippen LogP contribution in [0.5, 0.6) is 0 Å². The summed E-state index contributed by atoms with van der Waals surface area (Å²) in [5.74, 6) is 0.275. The highest BCUT2D eigenvalue weighted by Crippen LogP contribution is 2.37. The Balaban J connectivity index is 2.19. The van der Waals surface area contributed by atoms with Gasteiger partial charge in [-0.25, -0.2) is 4.79 Å². The molecule has 0 radical (unpaired) electrons. The van der Waals surface area contributed by atoms with Gasteiger partial charge in [-0.1, -0.05) is 6.92 Å². The maximum Gasteiger partial charge on any atom is 0.350 e. The van der Waals surface area contributed by atoms with Crippen LogP contribution in [0, 0.1) is 17.2 Å². The number of thiophene rings is 1. The summed E-state index contributed by atoms with van der Waals surface area (Å²) in [5, 5.41) is 13.3. The highest BCUT2D eigenvalue weighted by Gasteiger charge is 2.24. The molecule has 0 aliphatic heterocycles. The Morgan fingerprint density at radius 2 is 2.10 bits per heavy atom. The smallest absolute Gasteiger partial charge is 0.350 e. The number of esters is 1. The fourth-order valence-electron chi connectivity index (χ4n) is 2.49. The van der Waals surface area contributed by atoms with E-state index < -0.39 is 5.97 Å². The lowest BCUT2D eigenvalue weighted by atomic mass is 9.87. The first-order chi connectivity index (χ1) is 9.56. The van der Waals surface area contributed by atoms with Gasteiger partial charge in [0.15, 0.2) is 0 Å². The van der Waals surface area contributed by atoms with Crippen LogP contribution in [0.1, 0.15) is 47.8 Å². The monoisotopic (exact) mass is 293 g/mol. The molecule has 0 bridgehead atoms. The number of nitriles is 1. The first-order valence-electron chi connectivity index (χ1n) is 6.74. The number of carbonyl (C=O) groups excluding carboxylic acids is 1. The van der Waals surface area contributed by atoms with Gasteiger partial charge in [0.05, 0.1) is 12.8 Å². The molecule has 6 heteroatoms. The highest BCUT2D eigenvalue weighted by molar-refractivity contribution is 7.18. The molecule has 0 aromatic carbocycles. The number of hydrogen-bond acceptors (Lipinski definition) is 6. The van der Waals surface area contributed by atoms with E-state index in [1.165, 1.54) is 31.3 Å². The van der Waals surface area contributed by atoms with Crippen LogP contribution in [0.2, 0.25) is 0 Å². The topological polar surface area (TPSA) is 88.1 Å². The molecule has 1 aliphatic carbocycles. The number of nitrogens with two attached hydrogens (primary N) is 1. The summed E-state index contributed by atoms with van der Waals surface area (Å²) in [6.45, 7) is 2.26. The molecule has 0 unspecified atom stereocenters. The third kappa shape index (κ3) is 2.88. The Morgan fingerprint density at radius 1 is 1.45 bits per heavy atom. The number of rotatable bonds is 3. The van der Waals surface area contributed by atoms with Crippen LogP contribution in [0.15, 0.2) is 0 Å². The van der Waals surface area contributed by atoms with Gasteiger partial charge in [-0.15, -0.1) is 11.3 Å². The zero-order valence-corrected chi connectivity index (χ0v) is 12.5. The SMILES string of the molecule is COC(=O)c1sc(NC2CCC(C)CC2)c(C#N)c1N. The fraction of sp³-hybridized carbons (Fsp3) is 0.571. The maximum absolute atomic E-state index is 11.6. The van der Waals surface area contributed by atoms with Crippen molar-refractivity contribution in [2.45, 2.75) is 38.6 Å². The predicted octanol–water partition coefficient (Wildman–Crippen LogP) is 2.98. The number of carbonyl (C=O) groups is 1. The van der Waals surface area contributed by atoms with Crippen molar-refractivity contribution < 1.29 is 9.53 Å². The number of ether oxygens (including phenoxy) is 1. The predicted molar refractivity (Wildman–Crippen MR) is 79.8 cm³/mol. The number of methoxy groups -OCH3 is 1. The molecule has 1 fully saturated rings. The van der Waals surface area contributed by atoms with Crippen molar-refractivity contribution >= 4 is 28.0 Å². The normalized spacial score (nSPS) is 22.1. The van der Waals surface area contributed by atoms with Crippen molar-refractivity contribution in [3.63, 3.8) is 0 Å². The van der Waals surface area contributed by atoms with Gasteiger partial charge in [0.25, 0.3) is 0 Å². The number of hydrogen-bond donors (Lipinski definition) is 2. The lowest BCUT2D eigenvalue weighted by Gasteiger charge is -2.27. The average molecular weight is 293 g/mol. The van der Waals surface area contributed by atoms with Gasteiger partial charge < -0.3 is 15.8 Å². The Hall–Kier alpha value is -1.74. The molecule has 0 amide bonds. The summed E-state index contributed by atoms with van der Waals surface area (Å²) in [6.07, 6.45) is 4.53. The summed E-state index contributed by atoms with van der Waals surface area (Å²) in [5.41, 5.74) is 6.44. The number of nitrogens with zero attached hydrogens (tertiary/aromatic N) is 1. The van der Waals surface area contributed by atoms with Gasteiger partial charge in [-0.3, -0.25) is 0 Å². The van der Waals surface area contributed by atoms with Crippen LogP contribution in [0.3, 0.4) is 0 Å². The molecule has 1 aromatic heterocycles. The van der Waals surface area contributed by atoms with E-state index in [0.717, 1.165) is 18.8 Å². The van der Waals surface area contributed by atoms with Gasteiger partial charge >= 0.3 is 5.97 Å². The quantitative estimate of drug-likeness (QED) is 0.836. The third-order valence-electron chi connectivity index (χ3n) is 3.78. The van der Waals surface area contributed by atoms with E-state index in [1.807, 2.05) is 0 Å². The van der Waals surface area contributed by atoms with Crippen molar-refractivity contribution in [3.8, 4) is 6.07 Å². The van der Waals surface area contributed by atoms with E-state index >= 15 is 0 Å². The molecule has 0 saturated heterocycles. The lowest BCUT2D eigenvalue weighted by molar-refractivity contribution is 0.0607. The molecular weight excluding hydrogens is 274 g/mol. The first-order valence-corrected chi connectivity index (χ1v) is 7.55. The lowest BCUT2D eigenvalue weighted by Crippen LogP contribution is -2.25. The summed E-state index contributed by atoms with van der Waals surface area (Å²) in [6, 6.07) is 2.43. The molecule has 3 N–H and O–H groups in total. The number of nitrogens with one attached hydrogen (secondary N) is 1. The largest absolute Gasteiger partial charge is 0.465 e. The highest BCUT2D eigenvalue weighted by atomic mass is 32.1. The fourth-order valence-corrected chi connectivity index (χ4v) is 3.56. The molecule has 108 valence electrons. The molecule has 2 rings (SSSR count). The van der Waals surface area contributed by atoms with E-state index in [-0.39, 0.29) is 5.69 Å². The molecule has 20 heavy (non-hydrogen) atoms. The Labute approximate surface area is 122 Å². The van der Waals surface area contributed by atoms with Crippen molar-refractivity contribution in [1.82, 2.24) is 0 Å². The Bertz CT molecular complexity index is 539. The van der Waals surface area contributed by atoms with Crippen LogP contribution in [-0.2, 0) is 4.74 Å². The zero-order valence-electron chi connectivity index (χ0n) is 11.7. The van der Waals surface area contributed by atoms with E-state index in [4.69, 9.17) is 5.73 Å². The van der Waals surface area contributed by atoms with Gasteiger partial charge in [0.2, 0.25) is 0 Å². The second kappa shape index (κ2) is 6.14. The van der Waals surface area contributed by atoms with Crippen LogP contribution in [-0.4, -0.2) is 19.1 Å². The molecule has 0 atom stereocenters. The van der Waals surface area contributed by atoms with Crippen molar-refractivity contribution in [3.05, 3.63) is 10.4 Å². The van der Waals surface area contributed by atoms with Gasteiger partial charge in [-0.2, -0.15) is 5.26 Å². The van der Waals surface area contributed by atoms with E-state index in [2.05, 4.69) is 23.0 Å². The van der Waals surface area contributed by atoms with Gasteiger partial charge in [0.1, 0.15) is 21.5 Å². The van der Waals surface area contributed by atoms with E-state index in [0.29, 0.717) is 21.5 Å². The zero-order chi connectivity index (χ0) is 14.7. The number of nitrogen functional groups attached to an aromatic ring is 1. The molecular formula is C14H19N3O2S. The minimum atomic E-state index is -0.491. The second-order valence-electron chi connectivity index (χ2n) is 5.25. The van der Waals surface area contributed by atoms with E-state index in [9.17, 15) is 10.1 Å². The minimum absolute atomic E-state index is 0.219. The Kier molecular flexibility index (Phi) is 4.50. The first kappa shape index (κ1) is 14.7. The van der Waals surface area contributed by atoms with Crippen LogP contribution < -0.4 is 11.1 Å². The maximum atomic E-state index is 11.6. The summed E-state index contributed by atoms with van der Waals surface area (Å²) >= 11 is 1.20. The summed E-state index contributed by atoms with van der Waals surface area (Å²) in [4.78, 5) is 11.9. The van der Waals surface area contributed by atoms with Crippen molar-refractivity contribution in [2.24, 2.45) is 5.92 Å². The van der Waals surface area contributed by atoms with Crippen LogP contribution in [0.25, 0.3) is 0 Å².